The number of fused-ring (bicyclic) bond motifs is 3. The summed E-state index contributed by atoms with van der Waals surface area (Å²) in [6, 6.07) is 12.9. The van der Waals surface area contributed by atoms with Crippen LogP contribution in [0.5, 0.6) is 0 Å². The number of furan rings is 1. The van der Waals surface area contributed by atoms with E-state index < -0.39 is 0 Å². The summed E-state index contributed by atoms with van der Waals surface area (Å²) in [6.07, 6.45) is 0. The molecule has 0 unspecified atom stereocenters. The maximum atomic E-state index is 5.97. The zero-order valence-corrected chi connectivity index (χ0v) is 11.4. The van der Waals surface area contributed by atoms with E-state index in [0.29, 0.717) is 0 Å². The van der Waals surface area contributed by atoms with Gasteiger partial charge in [-0.3, -0.25) is 0 Å². The Hall–Kier alpha value is -1.76. The largest absolute Gasteiger partial charge is 0.456 e. The molecule has 2 aromatic carbocycles. The first kappa shape index (κ1) is 11.3. The van der Waals surface area contributed by atoms with Crippen molar-refractivity contribution in [2.75, 3.05) is 0 Å². The van der Waals surface area contributed by atoms with Gasteiger partial charge in [0, 0.05) is 10.8 Å². The highest BCUT2D eigenvalue weighted by Gasteiger charge is 2.15. The summed E-state index contributed by atoms with van der Waals surface area (Å²) in [7, 11) is 0. The van der Waals surface area contributed by atoms with Crippen molar-refractivity contribution >= 4 is 21.9 Å². The third-order valence-corrected chi connectivity index (χ3v) is 3.49. The smallest absolute Gasteiger partial charge is 0.135 e. The van der Waals surface area contributed by atoms with E-state index in [4.69, 9.17) is 4.42 Å². The molecule has 0 saturated heterocycles. The molecule has 1 heteroatoms. The van der Waals surface area contributed by atoms with E-state index in [1.165, 1.54) is 21.9 Å². The van der Waals surface area contributed by atoms with Crippen molar-refractivity contribution < 1.29 is 4.42 Å². The zero-order chi connectivity index (χ0) is 12.9. The predicted molar refractivity (Wildman–Crippen MR) is 77.2 cm³/mol. The molecule has 0 radical (unpaired) electrons. The monoisotopic (exact) mass is 238 g/mol. The number of hydrogen-bond acceptors (Lipinski definition) is 1. The van der Waals surface area contributed by atoms with E-state index in [1.54, 1.807) is 0 Å². The van der Waals surface area contributed by atoms with Crippen LogP contribution in [0.1, 0.15) is 31.9 Å². The van der Waals surface area contributed by atoms with Gasteiger partial charge in [0.05, 0.1) is 0 Å². The number of rotatable bonds is 0. The summed E-state index contributed by atoms with van der Waals surface area (Å²) in [5.74, 6) is 0. The van der Waals surface area contributed by atoms with Crippen LogP contribution in [0.4, 0.5) is 0 Å². The minimum absolute atomic E-state index is 0.156. The standard InChI is InChI=1S/C17H18O/c1-11-5-7-13-14-8-6-12(17(2,3)4)10-16(14)18-15(13)9-11/h5-10H,1-4H3. The zero-order valence-electron chi connectivity index (χ0n) is 11.4. The minimum Gasteiger partial charge on any atom is -0.456 e. The predicted octanol–water partition coefficient (Wildman–Crippen LogP) is 5.19. The Morgan fingerprint density at radius 3 is 2.11 bits per heavy atom. The normalized spacial score (nSPS) is 12.4. The van der Waals surface area contributed by atoms with Crippen molar-refractivity contribution in [2.45, 2.75) is 33.1 Å². The summed E-state index contributed by atoms with van der Waals surface area (Å²) in [5.41, 5.74) is 4.67. The Labute approximate surface area is 107 Å². The number of benzene rings is 2. The van der Waals surface area contributed by atoms with Crippen LogP contribution >= 0.6 is 0 Å². The molecule has 3 aromatic rings. The minimum atomic E-state index is 0.156. The Morgan fingerprint density at radius 1 is 0.833 bits per heavy atom. The van der Waals surface area contributed by atoms with Gasteiger partial charge in [-0.05, 0) is 35.6 Å². The van der Waals surface area contributed by atoms with Gasteiger partial charge in [-0.25, -0.2) is 0 Å². The third kappa shape index (κ3) is 1.71. The topological polar surface area (TPSA) is 13.1 Å². The van der Waals surface area contributed by atoms with Gasteiger partial charge in [0.15, 0.2) is 0 Å². The van der Waals surface area contributed by atoms with Crippen molar-refractivity contribution in [3.63, 3.8) is 0 Å². The molecule has 0 aliphatic heterocycles. The van der Waals surface area contributed by atoms with E-state index in [0.717, 1.165) is 11.2 Å². The lowest BCUT2D eigenvalue weighted by Crippen LogP contribution is -2.10. The molecular weight excluding hydrogens is 220 g/mol. The van der Waals surface area contributed by atoms with Crippen LogP contribution in [-0.2, 0) is 5.41 Å². The highest BCUT2D eigenvalue weighted by molar-refractivity contribution is 6.05. The highest BCUT2D eigenvalue weighted by atomic mass is 16.3. The highest BCUT2D eigenvalue weighted by Crippen LogP contribution is 2.32. The van der Waals surface area contributed by atoms with E-state index in [1.807, 2.05) is 0 Å². The Kier molecular flexibility index (Phi) is 2.28. The molecule has 0 fully saturated rings. The van der Waals surface area contributed by atoms with Crippen molar-refractivity contribution in [3.05, 3.63) is 47.5 Å². The fourth-order valence-corrected chi connectivity index (χ4v) is 2.35. The van der Waals surface area contributed by atoms with Crippen LogP contribution in [0, 0.1) is 6.92 Å². The van der Waals surface area contributed by atoms with Crippen LogP contribution in [0.15, 0.2) is 40.8 Å². The van der Waals surface area contributed by atoms with Crippen LogP contribution < -0.4 is 0 Å². The van der Waals surface area contributed by atoms with Crippen molar-refractivity contribution in [1.29, 1.82) is 0 Å². The van der Waals surface area contributed by atoms with Crippen LogP contribution in [0.25, 0.3) is 21.9 Å². The van der Waals surface area contributed by atoms with Crippen molar-refractivity contribution in [3.8, 4) is 0 Å². The Balaban J connectivity index is 2.33. The van der Waals surface area contributed by atoms with Gasteiger partial charge in [0.2, 0.25) is 0 Å². The maximum Gasteiger partial charge on any atom is 0.135 e. The van der Waals surface area contributed by atoms with Crippen molar-refractivity contribution in [1.82, 2.24) is 0 Å². The summed E-state index contributed by atoms with van der Waals surface area (Å²) in [6.45, 7) is 8.76. The fourth-order valence-electron chi connectivity index (χ4n) is 2.35. The fraction of sp³-hybridized carbons (Fsp3) is 0.294. The lowest BCUT2D eigenvalue weighted by Gasteiger charge is -2.18. The SMILES string of the molecule is Cc1ccc2c(c1)oc1cc(C(C)(C)C)ccc12. The van der Waals surface area contributed by atoms with Gasteiger partial charge in [0.1, 0.15) is 11.2 Å². The molecule has 0 atom stereocenters. The van der Waals surface area contributed by atoms with E-state index >= 15 is 0 Å². The summed E-state index contributed by atoms with van der Waals surface area (Å²) >= 11 is 0. The lowest BCUT2D eigenvalue weighted by molar-refractivity contribution is 0.587. The van der Waals surface area contributed by atoms with Gasteiger partial charge in [0.25, 0.3) is 0 Å². The first-order chi connectivity index (χ1) is 8.45. The van der Waals surface area contributed by atoms with E-state index in [2.05, 4.69) is 64.1 Å². The second kappa shape index (κ2) is 3.61. The van der Waals surface area contributed by atoms with Crippen LogP contribution in [-0.4, -0.2) is 0 Å². The number of hydrogen-bond donors (Lipinski definition) is 0. The molecule has 18 heavy (non-hydrogen) atoms. The van der Waals surface area contributed by atoms with Crippen molar-refractivity contribution in [2.24, 2.45) is 0 Å². The van der Waals surface area contributed by atoms with Crippen LogP contribution in [0.2, 0.25) is 0 Å². The van der Waals surface area contributed by atoms with Gasteiger partial charge in [-0.1, -0.05) is 45.0 Å². The van der Waals surface area contributed by atoms with Gasteiger partial charge in [-0.2, -0.15) is 0 Å². The maximum absolute atomic E-state index is 5.97. The van der Waals surface area contributed by atoms with Gasteiger partial charge >= 0.3 is 0 Å². The Bertz CT molecular complexity index is 726. The second-order valence-electron chi connectivity index (χ2n) is 6.06. The van der Waals surface area contributed by atoms with Gasteiger partial charge in [-0.15, -0.1) is 0 Å². The van der Waals surface area contributed by atoms with Gasteiger partial charge < -0.3 is 4.42 Å². The summed E-state index contributed by atoms with van der Waals surface area (Å²) in [5, 5.41) is 2.41. The van der Waals surface area contributed by atoms with E-state index in [-0.39, 0.29) is 5.41 Å². The van der Waals surface area contributed by atoms with Crippen LogP contribution in [0.3, 0.4) is 0 Å². The molecule has 0 aliphatic carbocycles. The quantitative estimate of drug-likeness (QED) is 0.525. The molecule has 0 N–H and O–H groups in total. The lowest BCUT2D eigenvalue weighted by atomic mass is 9.87. The summed E-state index contributed by atoms with van der Waals surface area (Å²) in [4.78, 5) is 0. The molecule has 0 spiro atoms. The molecular formula is C17H18O. The summed E-state index contributed by atoms with van der Waals surface area (Å²) < 4.78 is 5.97. The average Bonchev–Trinajstić information content (AvgIpc) is 2.63. The third-order valence-electron chi connectivity index (χ3n) is 3.49. The molecule has 1 nitrogen and oxygen atoms in total. The molecule has 0 aliphatic rings. The molecule has 0 amide bonds. The molecule has 0 saturated carbocycles. The Morgan fingerprint density at radius 2 is 1.44 bits per heavy atom. The number of aryl methyl sites for hydroxylation is 1. The molecule has 0 bridgehead atoms. The van der Waals surface area contributed by atoms with E-state index in [9.17, 15) is 0 Å². The first-order valence-corrected chi connectivity index (χ1v) is 6.38. The average molecular weight is 238 g/mol. The molecule has 1 heterocycles. The first-order valence-electron chi connectivity index (χ1n) is 6.38. The molecule has 92 valence electrons. The molecule has 3 rings (SSSR count). The molecule has 1 aromatic heterocycles. The second-order valence-corrected chi connectivity index (χ2v) is 6.06.